The van der Waals surface area contributed by atoms with Crippen molar-refractivity contribution in [1.29, 1.82) is 0 Å². The maximum atomic E-state index is 12.3. The number of benzene rings is 4. The van der Waals surface area contributed by atoms with Crippen LogP contribution in [-0.2, 0) is 9.59 Å². The second-order valence-electron chi connectivity index (χ2n) is 9.34. The lowest BCUT2D eigenvalue weighted by atomic mass is 10.2. The van der Waals surface area contributed by atoms with E-state index in [0.29, 0.717) is 11.4 Å². The zero-order valence-corrected chi connectivity index (χ0v) is 21.5. The van der Waals surface area contributed by atoms with Crippen molar-refractivity contribution in [3.8, 4) is 22.8 Å². The number of imidazole rings is 2. The SMILES string of the molecule is O=C(CC=CCC(=O)Nc1ccc(-c2nc3ccccc3[nH]2)cc1)Nc1ccc(-c2nc3ccccc3[nH]2)cc1. The van der Waals surface area contributed by atoms with Gasteiger partial charge in [0.2, 0.25) is 11.8 Å². The van der Waals surface area contributed by atoms with Gasteiger partial charge in [0.05, 0.1) is 22.1 Å². The van der Waals surface area contributed by atoms with Crippen molar-refractivity contribution < 1.29 is 9.59 Å². The summed E-state index contributed by atoms with van der Waals surface area (Å²) in [6.07, 6.45) is 3.74. The fraction of sp³-hybridized carbons (Fsp3) is 0.0625. The molecule has 2 amide bonds. The molecule has 0 aliphatic heterocycles. The molecule has 0 spiro atoms. The predicted molar refractivity (Wildman–Crippen MR) is 159 cm³/mol. The third-order valence-electron chi connectivity index (χ3n) is 6.44. The van der Waals surface area contributed by atoms with Crippen LogP contribution in [0.15, 0.2) is 109 Å². The van der Waals surface area contributed by atoms with Gasteiger partial charge in [-0.2, -0.15) is 0 Å². The van der Waals surface area contributed by atoms with E-state index in [-0.39, 0.29) is 24.7 Å². The number of nitrogens with zero attached hydrogens (tertiary/aromatic N) is 2. The van der Waals surface area contributed by atoms with Crippen LogP contribution in [0.2, 0.25) is 0 Å². The molecule has 4 N–H and O–H groups in total. The van der Waals surface area contributed by atoms with Crippen molar-refractivity contribution >= 4 is 45.3 Å². The fourth-order valence-corrected chi connectivity index (χ4v) is 4.41. The van der Waals surface area contributed by atoms with E-state index in [4.69, 9.17) is 0 Å². The van der Waals surface area contributed by atoms with Crippen molar-refractivity contribution in [3.63, 3.8) is 0 Å². The molecule has 0 saturated heterocycles. The number of nitrogens with one attached hydrogen (secondary N) is 4. The highest BCUT2D eigenvalue weighted by Gasteiger charge is 2.08. The van der Waals surface area contributed by atoms with E-state index >= 15 is 0 Å². The maximum absolute atomic E-state index is 12.3. The normalized spacial score (nSPS) is 11.3. The van der Waals surface area contributed by atoms with E-state index < -0.39 is 0 Å². The Morgan fingerprint density at radius 1 is 0.575 bits per heavy atom. The highest BCUT2D eigenvalue weighted by molar-refractivity contribution is 5.93. The summed E-state index contributed by atoms with van der Waals surface area (Å²) in [5.41, 5.74) is 7.04. The standard InChI is InChI=1S/C32H26N6O2/c39-29(33-23-17-13-21(14-18-23)31-35-25-7-1-2-8-26(25)36-31)11-5-6-12-30(40)34-24-19-15-22(16-20-24)32-37-27-9-3-4-10-28(27)38-32/h1-10,13-20H,11-12H2,(H,33,39)(H,34,40)(H,35,36)(H,37,38). The van der Waals surface area contributed by atoms with Gasteiger partial charge in [0.15, 0.2) is 0 Å². The number of anilines is 2. The third kappa shape index (κ3) is 5.66. The molecule has 2 aromatic heterocycles. The molecule has 0 bridgehead atoms. The number of aromatic nitrogens is 4. The van der Waals surface area contributed by atoms with E-state index in [1.807, 2.05) is 97.1 Å². The summed E-state index contributed by atoms with van der Waals surface area (Å²) < 4.78 is 0. The first-order valence-corrected chi connectivity index (χ1v) is 13.0. The second-order valence-corrected chi connectivity index (χ2v) is 9.34. The van der Waals surface area contributed by atoms with Crippen molar-refractivity contribution in [2.45, 2.75) is 12.8 Å². The smallest absolute Gasteiger partial charge is 0.228 e. The molecule has 0 aliphatic rings. The van der Waals surface area contributed by atoms with Gasteiger partial charge < -0.3 is 20.6 Å². The predicted octanol–water partition coefficient (Wildman–Crippen LogP) is 6.69. The Morgan fingerprint density at radius 3 is 1.38 bits per heavy atom. The molecule has 2 heterocycles. The highest BCUT2D eigenvalue weighted by Crippen LogP contribution is 2.23. The highest BCUT2D eigenvalue weighted by atomic mass is 16.2. The number of aromatic amines is 2. The first-order chi connectivity index (χ1) is 19.6. The zero-order chi connectivity index (χ0) is 27.3. The second kappa shape index (κ2) is 11.1. The number of para-hydroxylation sites is 4. The lowest BCUT2D eigenvalue weighted by molar-refractivity contribution is -0.116. The fourth-order valence-electron chi connectivity index (χ4n) is 4.41. The average molecular weight is 527 g/mol. The van der Waals surface area contributed by atoms with Crippen LogP contribution < -0.4 is 10.6 Å². The topological polar surface area (TPSA) is 116 Å². The van der Waals surface area contributed by atoms with Crippen LogP contribution in [-0.4, -0.2) is 31.8 Å². The molecule has 6 aromatic rings. The first-order valence-electron chi connectivity index (χ1n) is 13.0. The Kier molecular flexibility index (Phi) is 6.88. The van der Waals surface area contributed by atoms with Crippen LogP contribution in [0.4, 0.5) is 11.4 Å². The van der Waals surface area contributed by atoms with E-state index in [0.717, 1.165) is 44.8 Å². The molecule has 0 radical (unpaired) electrons. The molecule has 0 atom stereocenters. The maximum Gasteiger partial charge on any atom is 0.228 e. The summed E-state index contributed by atoms with van der Waals surface area (Å²) in [7, 11) is 0. The number of rotatable bonds is 8. The van der Waals surface area contributed by atoms with E-state index in [1.165, 1.54) is 0 Å². The van der Waals surface area contributed by atoms with Gasteiger partial charge in [-0.1, -0.05) is 36.4 Å². The summed E-state index contributed by atoms with van der Waals surface area (Å²) in [6, 6.07) is 30.8. The number of fused-ring (bicyclic) bond motifs is 2. The Morgan fingerprint density at radius 2 is 0.975 bits per heavy atom. The molecule has 0 unspecified atom stereocenters. The molecule has 6 rings (SSSR count). The summed E-state index contributed by atoms with van der Waals surface area (Å²) >= 11 is 0. The van der Waals surface area contributed by atoms with E-state index in [2.05, 4.69) is 30.6 Å². The summed E-state index contributed by atoms with van der Waals surface area (Å²) in [5, 5.41) is 5.75. The molecule has 196 valence electrons. The number of hydrogen-bond acceptors (Lipinski definition) is 4. The minimum absolute atomic E-state index is 0.158. The molecular weight excluding hydrogens is 500 g/mol. The average Bonchev–Trinajstić information content (AvgIpc) is 3.61. The van der Waals surface area contributed by atoms with Gasteiger partial charge in [0.25, 0.3) is 0 Å². The lowest BCUT2D eigenvalue weighted by Gasteiger charge is -2.05. The summed E-state index contributed by atoms with van der Waals surface area (Å²) in [6.45, 7) is 0. The van der Waals surface area contributed by atoms with Gasteiger partial charge in [-0.05, 0) is 72.8 Å². The summed E-state index contributed by atoms with van der Waals surface area (Å²) in [4.78, 5) is 40.5. The third-order valence-corrected chi connectivity index (χ3v) is 6.44. The van der Waals surface area contributed by atoms with Crippen LogP contribution in [0.25, 0.3) is 44.8 Å². The van der Waals surface area contributed by atoms with Gasteiger partial charge >= 0.3 is 0 Å². The van der Waals surface area contributed by atoms with Crippen LogP contribution in [0.3, 0.4) is 0 Å². The Balaban J connectivity index is 0.960. The molecular formula is C32H26N6O2. The molecule has 0 saturated carbocycles. The first kappa shape index (κ1) is 24.8. The van der Waals surface area contributed by atoms with Crippen molar-refractivity contribution in [2.75, 3.05) is 10.6 Å². The Hall–Kier alpha value is -5.50. The molecule has 0 aliphatic carbocycles. The minimum atomic E-state index is -0.158. The van der Waals surface area contributed by atoms with Gasteiger partial charge in [-0.3, -0.25) is 9.59 Å². The lowest BCUT2D eigenvalue weighted by Crippen LogP contribution is -2.11. The van der Waals surface area contributed by atoms with Crippen molar-refractivity contribution in [1.82, 2.24) is 19.9 Å². The Bertz CT molecular complexity index is 1630. The molecule has 8 heteroatoms. The molecule has 40 heavy (non-hydrogen) atoms. The van der Waals surface area contributed by atoms with Crippen molar-refractivity contribution in [3.05, 3.63) is 109 Å². The number of H-pyrrole nitrogens is 2. The number of hydrogen-bond donors (Lipinski definition) is 4. The molecule has 8 nitrogen and oxygen atoms in total. The Labute approximate surface area is 230 Å². The van der Waals surface area contributed by atoms with Crippen molar-refractivity contribution in [2.24, 2.45) is 0 Å². The van der Waals surface area contributed by atoms with Crippen LogP contribution >= 0.6 is 0 Å². The van der Waals surface area contributed by atoms with Gasteiger partial charge in [0, 0.05) is 35.3 Å². The molecule has 0 fully saturated rings. The monoisotopic (exact) mass is 526 g/mol. The quantitative estimate of drug-likeness (QED) is 0.165. The summed E-state index contributed by atoms with van der Waals surface area (Å²) in [5.74, 6) is 1.24. The molecule has 4 aromatic carbocycles. The largest absolute Gasteiger partial charge is 0.338 e. The number of amides is 2. The van der Waals surface area contributed by atoms with Gasteiger partial charge in [0.1, 0.15) is 11.6 Å². The van der Waals surface area contributed by atoms with Crippen LogP contribution in [0.5, 0.6) is 0 Å². The minimum Gasteiger partial charge on any atom is -0.338 e. The number of carbonyl (C=O) groups is 2. The van der Waals surface area contributed by atoms with E-state index in [9.17, 15) is 9.59 Å². The zero-order valence-electron chi connectivity index (χ0n) is 21.5. The number of carbonyl (C=O) groups excluding carboxylic acids is 2. The van der Waals surface area contributed by atoms with Gasteiger partial charge in [-0.15, -0.1) is 0 Å². The van der Waals surface area contributed by atoms with Crippen LogP contribution in [0, 0.1) is 0 Å². The van der Waals surface area contributed by atoms with Crippen LogP contribution in [0.1, 0.15) is 12.8 Å². The van der Waals surface area contributed by atoms with Gasteiger partial charge in [-0.25, -0.2) is 9.97 Å². The van der Waals surface area contributed by atoms with E-state index in [1.54, 1.807) is 12.2 Å².